The monoisotopic (exact) mass is 409 g/mol. The Morgan fingerprint density at radius 3 is 2.62 bits per heavy atom. The van der Waals surface area contributed by atoms with E-state index in [1.165, 1.54) is 11.0 Å². The maximum Gasteiger partial charge on any atom is 0.265 e. The van der Waals surface area contributed by atoms with E-state index in [2.05, 4.69) is 16.8 Å². The molecule has 0 spiro atoms. The maximum absolute atomic E-state index is 13.1. The smallest absolute Gasteiger partial charge is 0.265 e. The first-order chi connectivity index (χ1) is 14.1. The predicted molar refractivity (Wildman–Crippen MR) is 119 cm³/mol. The zero-order valence-electron chi connectivity index (χ0n) is 16.4. The van der Waals surface area contributed by atoms with Gasteiger partial charge in [0.2, 0.25) is 5.88 Å². The Labute approximate surface area is 174 Å². The van der Waals surface area contributed by atoms with Crippen molar-refractivity contribution < 1.29 is 5.11 Å². The molecular formula is C23H24ClN3O2. The number of fused-ring (bicyclic) bond motifs is 1. The molecular weight excluding hydrogens is 386 g/mol. The number of rotatable bonds is 5. The van der Waals surface area contributed by atoms with Crippen molar-refractivity contribution in [2.75, 3.05) is 19.6 Å². The lowest BCUT2D eigenvalue weighted by Crippen LogP contribution is -2.31. The molecule has 0 bridgehead atoms. The molecule has 1 N–H and O–H groups in total. The minimum atomic E-state index is -0.273. The van der Waals surface area contributed by atoms with Gasteiger partial charge in [0.25, 0.3) is 5.56 Å². The molecule has 2 aromatic carbocycles. The highest BCUT2D eigenvalue weighted by atomic mass is 35.5. The number of pyridine rings is 1. The second kappa shape index (κ2) is 8.39. The van der Waals surface area contributed by atoms with E-state index in [-0.39, 0.29) is 11.4 Å². The number of halogens is 1. The van der Waals surface area contributed by atoms with Crippen LogP contribution in [0.3, 0.4) is 0 Å². The van der Waals surface area contributed by atoms with Gasteiger partial charge in [-0.05, 0) is 56.3 Å². The largest absolute Gasteiger partial charge is 0.494 e. The fourth-order valence-corrected chi connectivity index (χ4v) is 4.23. The summed E-state index contributed by atoms with van der Waals surface area (Å²) in [5.41, 5.74) is 0.840. The van der Waals surface area contributed by atoms with Crippen LogP contribution in [-0.2, 0) is 0 Å². The van der Waals surface area contributed by atoms with Gasteiger partial charge in [0.05, 0.1) is 17.8 Å². The van der Waals surface area contributed by atoms with Gasteiger partial charge in [-0.1, -0.05) is 36.7 Å². The third-order valence-corrected chi connectivity index (χ3v) is 5.88. The highest BCUT2D eigenvalue weighted by Crippen LogP contribution is 2.26. The summed E-state index contributed by atoms with van der Waals surface area (Å²) in [6.07, 6.45) is 4.04. The van der Waals surface area contributed by atoms with Gasteiger partial charge in [-0.15, -0.1) is 0 Å². The molecule has 0 radical (unpaired) electrons. The summed E-state index contributed by atoms with van der Waals surface area (Å²) in [5.74, 6) is -0.112. The SMILES string of the molecule is CCN1CCCC1CN=Cc1c(O)n(-c2ccc(Cl)cc2)c(=O)c2ccccc12. The summed E-state index contributed by atoms with van der Waals surface area (Å²) in [5, 5.41) is 12.8. The van der Waals surface area contributed by atoms with E-state index in [0.717, 1.165) is 19.5 Å². The third-order valence-electron chi connectivity index (χ3n) is 5.63. The van der Waals surface area contributed by atoms with E-state index in [9.17, 15) is 9.90 Å². The van der Waals surface area contributed by atoms with Crippen LogP contribution in [0.4, 0.5) is 0 Å². The molecule has 1 aliphatic heterocycles. The minimum Gasteiger partial charge on any atom is -0.494 e. The topological polar surface area (TPSA) is 57.8 Å². The Hall–Kier alpha value is -2.63. The molecule has 1 aromatic heterocycles. The van der Waals surface area contributed by atoms with E-state index in [4.69, 9.17) is 11.6 Å². The van der Waals surface area contributed by atoms with E-state index < -0.39 is 0 Å². The average molecular weight is 410 g/mol. The van der Waals surface area contributed by atoms with Crippen molar-refractivity contribution in [2.45, 2.75) is 25.8 Å². The highest BCUT2D eigenvalue weighted by molar-refractivity contribution is 6.30. The van der Waals surface area contributed by atoms with E-state index in [1.807, 2.05) is 18.2 Å². The lowest BCUT2D eigenvalue weighted by atomic mass is 10.1. The first-order valence-electron chi connectivity index (χ1n) is 9.96. The van der Waals surface area contributed by atoms with E-state index in [0.29, 0.717) is 39.6 Å². The summed E-state index contributed by atoms with van der Waals surface area (Å²) in [6.45, 7) is 4.99. The van der Waals surface area contributed by atoms with Crippen LogP contribution in [0.2, 0.25) is 5.02 Å². The van der Waals surface area contributed by atoms with Gasteiger partial charge in [0, 0.05) is 28.1 Å². The zero-order valence-corrected chi connectivity index (χ0v) is 17.1. The number of aliphatic imine (C=N–C) groups is 1. The van der Waals surface area contributed by atoms with Crippen LogP contribution in [0.15, 0.2) is 58.3 Å². The predicted octanol–water partition coefficient (Wildman–Crippen LogP) is 4.25. The van der Waals surface area contributed by atoms with Gasteiger partial charge in [0.15, 0.2) is 0 Å². The van der Waals surface area contributed by atoms with Crippen LogP contribution in [0.5, 0.6) is 5.88 Å². The van der Waals surface area contributed by atoms with Crippen molar-refractivity contribution >= 4 is 28.6 Å². The number of nitrogens with zero attached hydrogens (tertiary/aromatic N) is 3. The van der Waals surface area contributed by atoms with Crippen molar-refractivity contribution in [1.29, 1.82) is 0 Å². The Balaban J connectivity index is 1.79. The fraction of sp³-hybridized carbons (Fsp3) is 0.304. The van der Waals surface area contributed by atoms with Gasteiger partial charge in [-0.3, -0.25) is 14.7 Å². The minimum absolute atomic E-state index is 0.112. The normalized spacial score (nSPS) is 17.5. The number of likely N-dealkylation sites (N-methyl/N-ethyl adjacent to an activating group) is 1. The van der Waals surface area contributed by atoms with Crippen molar-refractivity contribution in [3.8, 4) is 11.6 Å². The third kappa shape index (κ3) is 3.80. The second-order valence-electron chi connectivity index (χ2n) is 7.32. The second-order valence-corrected chi connectivity index (χ2v) is 7.76. The molecule has 0 amide bonds. The number of hydrogen-bond donors (Lipinski definition) is 1. The summed E-state index contributed by atoms with van der Waals surface area (Å²) in [6, 6.07) is 14.6. The average Bonchev–Trinajstić information content (AvgIpc) is 3.19. The maximum atomic E-state index is 13.1. The van der Waals surface area contributed by atoms with Crippen LogP contribution < -0.4 is 5.56 Å². The summed E-state index contributed by atoms with van der Waals surface area (Å²) in [7, 11) is 0. The number of aromatic nitrogens is 1. The molecule has 4 rings (SSSR count). The molecule has 1 saturated heterocycles. The van der Waals surface area contributed by atoms with Crippen LogP contribution in [0.1, 0.15) is 25.3 Å². The number of hydrogen-bond acceptors (Lipinski definition) is 4. The van der Waals surface area contributed by atoms with Gasteiger partial charge >= 0.3 is 0 Å². The van der Waals surface area contributed by atoms with Crippen LogP contribution in [0.25, 0.3) is 16.5 Å². The van der Waals surface area contributed by atoms with Crippen molar-refractivity contribution in [3.05, 3.63) is 69.5 Å². The van der Waals surface area contributed by atoms with Crippen LogP contribution in [-0.4, -0.2) is 46.5 Å². The first-order valence-corrected chi connectivity index (χ1v) is 10.3. The van der Waals surface area contributed by atoms with Crippen LogP contribution >= 0.6 is 11.6 Å². The Bertz CT molecular complexity index is 1110. The molecule has 1 aliphatic rings. The highest BCUT2D eigenvalue weighted by Gasteiger charge is 2.22. The van der Waals surface area contributed by atoms with E-state index in [1.54, 1.807) is 36.5 Å². The first kappa shape index (κ1) is 19.7. The van der Waals surface area contributed by atoms with Crippen molar-refractivity contribution in [2.24, 2.45) is 4.99 Å². The fourth-order valence-electron chi connectivity index (χ4n) is 4.10. The summed E-state index contributed by atoms with van der Waals surface area (Å²) >= 11 is 5.98. The Morgan fingerprint density at radius 2 is 1.90 bits per heavy atom. The van der Waals surface area contributed by atoms with Gasteiger partial charge in [0.1, 0.15) is 0 Å². The molecule has 2 heterocycles. The molecule has 3 aromatic rings. The molecule has 1 fully saturated rings. The van der Waals surface area contributed by atoms with Gasteiger partial charge < -0.3 is 5.11 Å². The lowest BCUT2D eigenvalue weighted by Gasteiger charge is -2.20. The van der Waals surface area contributed by atoms with Gasteiger partial charge in [-0.2, -0.15) is 0 Å². The van der Waals surface area contributed by atoms with Crippen molar-refractivity contribution in [1.82, 2.24) is 9.47 Å². The number of benzene rings is 2. The standard InChI is InChI=1S/C23H24ClN3O2/c1-2-26-13-5-6-18(26)14-25-15-21-19-7-3-4-8-20(19)22(28)27(23(21)29)17-11-9-16(24)10-12-17/h3-4,7-12,15,18,29H,2,5-6,13-14H2,1H3. The molecule has 1 unspecified atom stereocenters. The molecule has 0 aliphatic carbocycles. The van der Waals surface area contributed by atoms with E-state index >= 15 is 0 Å². The molecule has 150 valence electrons. The molecule has 5 nitrogen and oxygen atoms in total. The van der Waals surface area contributed by atoms with Gasteiger partial charge in [-0.25, -0.2) is 4.57 Å². The Morgan fingerprint density at radius 1 is 1.17 bits per heavy atom. The summed E-state index contributed by atoms with van der Waals surface area (Å²) in [4.78, 5) is 20.2. The number of aromatic hydroxyl groups is 1. The number of likely N-dealkylation sites (tertiary alicyclic amines) is 1. The summed E-state index contributed by atoms with van der Waals surface area (Å²) < 4.78 is 1.31. The zero-order chi connectivity index (χ0) is 20.4. The van der Waals surface area contributed by atoms with Crippen LogP contribution in [0, 0.1) is 0 Å². The lowest BCUT2D eigenvalue weighted by molar-refractivity contribution is 0.273. The van der Waals surface area contributed by atoms with Crippen molar-refractivity contribution in [3.63, 3.8) is 0 Å². The molecule has 1 atom stereocenters. The molecule has 0 saturated carbocycles. The Kier molecular flexibility index (Phi) is 5.69. The molecule has 6 heteroatoms. The molecule has 29 heavy (non-hydrogen) atoms. The quantitative estimate of drug-likeness (QED) is 0.641.